The lowest BCUT2D eigenvalue weighted by atomic mass is 9.92. The van der Waals surface area contributed by atoms with Gasteiger partial charge in [-0.05, 0) is 109 Å². The van der Waals surface area contributed by atoms with Crippen LogP contribution in [0.1, 0.15) is 22.3 Å². The molecule has 9 rings (SSSR count). The van der Waals surface area contributed by atoms with Gasteiger partial charge >= 0.3 is 0 Å². The zero-order chi connectivity index (χ0) is 33.2. The first-order valence-corrected chi connectivity index (χ1v) is 17.1. The molecule has 0 atom stereocenters. The summed E-state index contributed by atoms with van der Waals surface area (Å²) in [6.07, 6.45) is 7.17. The Balaban J connectivity index is 1.08. The summed E-state index contributed by atoms with van der Waals surface area (Å²) in [5, 5.41) is 22.1. The second kappa shape index (κ2) is 11.4. The van der Waals surface area contributed by atoms with Crippen LogP contribution in [0.4, 0.5) is 0 Å². The molecule has 9 aromatic rings. The Bertz CT molecular complexity index is 2540. The van der Waals surface area contributed by atoms with Crippen LogP contribution in [0.3, 0.4) is 0 Å². The van der Waals surface area contributed by atoms with Crippen molar-refractivity contribution in [3.8, 4) is 44.8 Å². The fourth-order valence-corrected chi connectivity index (χ4v) is 8.50. The summed E-state index contributed by atoms with van der Waals surface area (Å²) in [4.78, 5) is 9.25. The van der Waals surface area contributed by atoms with E-state index < -0.39 is 0 Å². The fourth-order valence-electron chi connectivity index (χ4n) is 7.31. The largest absolute Gasteiger partial charge is 0.254 e. The Labute approximate surface area is 287 Å². The van der Waals surface area contributed by atoms with Gasteiger partial charge in [0.1, 0.15) is 11.4 Å². The van der Waals surface area contributed by atoms with Gasteiger partial charge in [-0.15, -0.1) is 21.5 Å². The molecule has 0 fully saturated rings. The van der Waals surface area contributed by atoms with E-state index in [-0.39, 0.29) is 0 Å². The Morgan fingerprint density at radius 2 is 0.898 bits per heavy atom. The quantitative estimate of drug-likeness (QED) is 0.189. The monoisotopic (exact) mass is 650 g/mol. The molecule has 0 N–H and O–H groups in total. The third-order valence-corrected chi connectivity index (χ3v) is 10.6. The van der Waals surface area contributed by atoms with Gasteiger partial charge in [-0.3, -0.25) is 9.97 Å². The number of aryl methyl sites for hydroxylation is 4. The lowest BCUT2D eigenvalue weighted by molar-refractivity contribution is 1.05. The molecule has 0 amide bonds. The average Bonchev–Trinajstić information content (AvgIpc) is 3.48. The average molecular weight is 651 g/mol. The third-order valence-electron chi connectivity index (χ3n) is 9.51. The van der Waals surface area contributed by atoms with Gasteiger partial charge < -0.3 is 0 Å². The first-order valence-electron chi connectivity index (χ1n) is 16.3. The van der Waals surface area contributed by atoms with E-state index >= 15 is 0 Å². The normalized spacial score (nSPS) is 11.7. The van der Waals surface area contributed by atoms with Gasteiger partial charge in [-0.2, -0.15) is 10.2 Å². The predicted molar refractivity (Wildman–Crippen MR) is 202 cm³/mol. The number of hydrogen-bond donors (Lipinski definition) is 0. The van der Waals surface area contributed by atoms with E-state index in [2.05, 4.69) is 119 Å². The first kappa shape index (κ1) is 29.2. The molecule has 0 radical (unpaired) electrons. The van der Waals surface area contributed by atoms with Gasteiger partial charge in [0.2, 0.25) is 0 Å². The summed E-state index contributed by atoms with van der Waals surface area (Å²) in [5.41, 5.74) is 15.0. The Hall–Kier alpha value is -5.92. The van der Waals surface area contributed by atoms with E-state index in [1.807, 2.05) is 48.0 Å². The van der Waals surface area contributed by atoms with E-state index in [1.165, 1.54) is 42.4 Å². The SMILES string of the molecule is Cc1cc(-c2ccc3c(c2)sc2cc(-c4cc(C)c(-c5nncc6cccnc56)c(C)c4)ccc23)cc(C)c1-c1nncc2cccnc12. The second-order valence-corrected chi connectivity index (χ2v) is 13.8. The second-order valence-electron chi connectivity index (χ2n) is 12.8. The molecular formula is C42H30N6S. The lowest BCUT2D eigenvalue weighted by Gasteiger charge is -2.13. The molecule has 6 nitrogen and oxygen atoms in total. The van der Waals surface area contributed by atoms with E-state index in [9.17, 15) is 0 Å². The highest BCUT2D eigenvalue weighted by Gasteiger charge is 2.17. The minimum Gasteiger partial charge on any atom is -0.254 e. The van der Waals surface area contributed by atoms with E-state index in [4.69, 9.17) is 0 Å². The number of nitrogens with zero attached hydrogens (tertiary/aromatic N) is 6. The van der Waals surface area contributed by atoms with Crippen LogP contribution in [0.2, 0.25) is 0 Å². The molecule has 0 saturated heterocycles. The van der Waals surface area contributed by atoms with Crippen molar-refractivity contribution in [2.45, 2.75) is 27.7 Å². The summed E-state index contributed by atoms with van der Waals surface area (Å²) >= 11 is 1.85. The van der Waals surface area contributed by atoms with Gasteiger partial charge in [0.15, 0.2) is 0 Å². The predicted octanol–water partition coefficient (Wildman–Crippen LogP) is 10.6. The molecule has 0 aliphatic rings. The van der Waals surface area contributed by atoms with Gasteiger partial charge in [-0.25, -0.2) is 0 Å². The molecule has 0 aliphatic heterocycles. The van der Waals surface area contributed by atoms with Gasteiger partial charge in [-0.1, -0.05) is 48.5 Å². The summed E-state index contributed by atoms with van der Waals surface area (Å²) in [5.74, 6) is 0. The highest BCUT2D eigenvalue weighted by molar-refractivity contribution is 7.25. The molecule has 0 spiro atoms. The van der Waals surface area contributed by atoms with Crippen molar-refractivity contribution in [2.24, 2.45) is 0 Å². The minimum absolute atomic E-state index is 0.828. The first-order chi connectivity index (χ1) is 23.9. The summed E-state index contributed by atoms with van der Waals surface area (Å²) in [6, 6.07) is 30.6. The van der Waals surface area contributed by atoms with Crippen molar-refractivity contribution in [2.75, 3.05) is 0 Å². The molecule has 4 aromatic carbocycles. The molecule has 5 heterocycles. The molecular weight excluding hydrogens is 621 g/mol. The Morgan fingerprint density at radius 1 is 0.469 bits per heavy atom. The lowest BCUT2D eigenvalue weighted by Crippen LogP contribution is -1.97. The third kappa shape index (κ3) is 4.85. The molecule has 0 bridgehead atoms. The van der Waals surface area contributed by atoms with Crippen molar-refractivity contribution >= 4 is 53.3 Å². The minimum atomic E-state index is 0.828. The molecule has 234 valence electrons. The maximum Gasteiger partial charge on any atom is 0.120 e. The standard InChI is InChI=1S/C42H30N6S/c1-23-15-31(16-24(2)37(23)41-39-29(21-45-47-41)7-5-13-43-39)27-9-11-33-34-12-10-28(20-36(34)49-35(33)19-27)32-17-25(3)38(26(4)18-32)42-40-30(22-46-48-42)8-6-14-44-40/h5-22H,1-4H3. The van der Waals surface area contributed by atoms with Crippen LogP contribution in [0.25, 0.3) is 86.7 Å². The number of pyridine rings is 2. The van der Waals surface area contributed by atoms with Crippen molar-refractivity contribution in [3.05, 3.63) is 132 Å². The van der Waals surface area contributed by atoms with Gasteiger partial charge in [0.05, 0.1) is 23.4 Å². The molecule has 0 aliphatic carbocycles. The highest BCUT2D eigenvalue weighted by Crippen LogP contribution is 2.41. The van der Waals surface area contributed by atoms with E-state index in [1.54, 1.807) is 12.4 Å². The zero-order valence-corrected chi connectivity index (χ0v) is 28.3. The van der Waals surface area contributed by atoms with Crippen LogP contribution in [0.5, 0.6) is 0 Å². The van der Waals surface area contributed by atoms with Crippen molar-refractivity contribution in [1.82, 2.24) is 30.4 Å². The van der Waals surface area contributed by atoms with Crippen LogP contribution < -0.4 is 0 Å². The van der Waals surface area contributed by atoms with Crippen LogP contribution in [-0.4, -0.2) is 30.4 Å². The van der Waals surface area contributed by atoms with E-state index in [0.717, 1.165) is 66.6 Å². The molecule has 5 aromatic heterocycles. The maximum atomic E-state index is 4.63. The summed E-state index contributed by atoms with van der Waals surface area (Å²) < 4.78 is 2.55. The summed E-state index contributed by atoms with van der Waals surface area (Å²) in [7, 11) is 0. The summed E-state index contributed by atoms with van der Waals surface area (Å²) in [6.45, 7) is 8.60. The fraction of sp³-hybridized carbons (Fsp3) is 0.0952. The Morgan fingerprint density at radius 3 is 1.33 bits per heavy atom. The van der Waals surface area contributed by atoms with Crippen LogP contribution >= 0.6 is 11.3 Å². The van der Waals surface area contributed by atoms with Crippen molar-refractivity contribution < 1.29 is 0 Å². The number of thiophene rings is 1. The number of aromatic nitrogens is 6. The smallest absolute Gasteiger partial charge is 0.120 e. The van der Waals surface area contributed by atoms with Gasteiger partial charge in [0.25, 0.3) is 0 Å². The van der Waals surface area contributed by atoms with Gasteiger partial charge in [0, 0.05) is 54.5 Å². The number of rotatable bonds is 4. The van der Waals surface area contributed by atoms with Crippen LogP contribution in [-0.2, 0) is 0 Å². The molecule has 0 unspecified atom stereocenters. The topological polar surface area (TPSA) is 77.3 Å². The number of hydrogen-bond acceptors (Lipinski definition) is 7. The van der Waals surface area contributed by atoms with Crippen molar-refractivity contribution in [1.29, 1.82) is 0 Å². The maximum absolute atomic E-state index is 4.63. The van der Waals surface area contributed by atoms with Crippen molar-refractivity contribution in [3.63, 3.8) is 0 Å². The molecule has 49 heavy (non-hydrogen) atoms. The van der Waals surface area contributed by atoms with E-state index in [0.29, 0.717) is 0 Å². The number of fused-ring (bicyclic) bond motifs is 5. The van der Waals surface area contributed by atoms with Crippen LogP contribution in [0, 0.1) is 27.7 Å². The number of benzene rings is 4. The Kier molecular flexibility index (Phi) is 6.78. The highest BCUT2D eigenvalue weighted by atomic mass is 32.1. The molecule has 0 saturated carbocycles. The molecule has 7 heteroatoms. The zero-order valence-electron chi connectivity index (χ0n) is 27.5. The van der Waals surface area contributed by atoms with Crippen LogP contribution in [0.15, 0.2) is 110 Å².